The molecule has 0 aromatic rings. The summed E-state index contributed by atoms with van der Waals surface area (Å²) in [6.07, 6.45) is 4.92. The SMILES string of the molecule is CC1(C)OB([C@@H]2C[C@H]2CCCCCl)OC1(C)C. The molecule has 2 fully saturated rings. The Labute approximate surface area is 111 Å². The van der Waals surface area contributed by atoms with E-state index >= 15 is 0 Å². The van der Waals surface area contributed by atoms with Crippen LogP contribution in [0.2, 0.25) is 5.82 Å². The van der Waals surface area contributed by atoms with Crippen LogP contribution in [0.1, 0.15) is 53.4 Å². The fraction of sp³-hybridized carbons (Fsp3) is 1.00. The van der Waals surface area contributed by atoms with Crippen molar-refractivity contribution in [2.24, 2.45) is 5.92 Å². The van der Waals surface area contributed by atoms with Gasteiger partial charge in [0.2, 0.25) is 0 Å². The van der Waals surface area contributed by atoms with Crippen molar-refractivity contribution in [3.63, 3.8) is 0 Å². The van der Waals surface area contributed by atoms with Crippen LogP contribution in [-0.4, -0.2) is 24.2 Å². The molecule has 1 saturated carbocycles. The molecule has 98 valence electrons. The molecule has 2 rings (SSSR count). The Hall–Kier alpha value is 0.275. The first kappa shape index (κ1) is 13.7. The van der Waals surface area contributed by atoms with E-state index in [0.717, 1.165) is 18.2 Å². The van der Waals surface area contributed by atoms with Crippen LogP contribution < -0.4 is 0 Å². The molecule has 4 heteroatoms. The molecule has 0 bridgehead atoms. The van der Waals surface area contributed by atoms with Gasteiger partial charge in [-0.05, 0) is 52.3 Å². The van der Waals surface area contributed by atoms with Crippen molar-refractivity contribution < 1.29 is 9.31 Å². The zero-order valence-electron chi connectivity index (χ0n) is 11.5. The van der Waals surface area contributed by atoms with E-state index in [1.165, 1.54) is 19.3 Å². The normalized spacial score (nSPS) is 34.1. The first-order valence-electron chi connectivity index (χ1n) is 6.79. The summed E-state index contributed by atoms with van der Waals surface area (Å²) in [4.78, 5) is 0. The predicted octanol–water partition coefficient (Wildman–Crippen LogP) is 3.88. The van der Waals surface area contributed by atoms with Gasteiger partial charge in [-0.25, -0.2) is 0 Å². The number of unbranched alkanes of at least 4 members (excludes halogenated alkanes) is 1. The van der Waals surface area contributed by atoms with Crippen molar-refractivity contribution in [1.29, 1.82) is 0 Å². The molecule has 0 aromatic carbocycles. The highest BCUT2D eigenvalue weighted by atomic mass is 35.5. The summed E-state index contributed by atoms with van der Waals surface area (Å²) in [7, 11) is 0.0148. The summed E-state index contributed by atoms with van der Waals surface area (Å²) < 4.78 is 12.2. The lowest BCUT2D eigenvalue weighted by Crippen LogP contribution is -2.41. The average molecular weight is 259 g/mol. The lowest BCUT2D eigenvalue weighted by atomic mass is 9.80. The molecule has 1 aliphatic carbocycles. The van der Waals surface area contributed by atoms with Crippen LogP contribution in [0.3, 0.4) is 0 Å². The summed E-state index contributed by atoms with van der Waals surface area (Å²) in [6, 6.07) is 0. The Morgan fingerprint density at radius 2 is 1.71 bits per heavy atom. The minimum absolute atomic E-state index is 0.0148. The molecule has 2 atom stereocenters. The number of hydrogen-bond donors (Lipinski definition) is 0. The second-order valence-corrected chi connectivity index (χ2v) is 6.85. The van der Waals surface area contributed by atoms with Crippen LogP contribution in [0.5, 0.6) is 0 Å². The third kappa shape index (κ3) is 2.82. The standard InChI is InChI=1S/C13H24BClO2/c1-12(2)13(3,4)17-14(16-12)11-9-10(11)7-5-6-8-15/h10-11H,5-9H2,1-4H3/t10-,11-/m1/s1. The summed E-state index contributed by atoms with van der Waals surface area (Å²) >= 11 is 5.69. The Morgan fingerprint density at radius 1 is 1.12 bits per heavy atom. The molecule has 0 N–H and O–H groups in total. The summed E-state index contributed by atoms with van der Waals surface area (Å²) in [6.45, 7) is 8.49. The second kappa shape index (κ2) is 4.75. The van der Waals surface area contributed by atoms with Crippen molar-refractivity contribution in [2.75, 3.05) is 5.88 Å². The van der Waals surface area contributed by atoms with Gasteiger partial charge in [0, 0.05) is 5.88 Å². The van der Waals surface area contributed by atoms with Gasteiger partial charge in [-0.1, -0.05) is 12.8 Å². The van der Waals surface area contributed by atoms with Crippen molar-refractivity contribution in [3.05, 3.63) is 0 Å². The van der Waals surface area contributed by atoms with Crippen molar-refractivity contribution in [2.45, 2.75) is 70.4 Å². The van der Waals surface area contributed by atoms with Gasteiger partial charge in [0.1, 0.15) is 0 Å². The van der Waals surface area contributed by atoms with E-state index in [0.29, 0.717) is 5.82 Å². The Bertz CT molecular complexity index is 265. The number of rotatable bonds is 5. The highest BCUT2D eigenvalue weighted by Gasteiger charge is 2.59. The number of alkyl halides is 1. The molecule has 1 heterocycles. The van der Waals surface area contributed by atoms with E-state index in [1.54, 1.807) is 0 Å². The predicted molar refractivity (Wildman–Crippen MR) is 72.5 cm³/mol. The topological polar surface area (TPSA) is 18.5 Å². The zero-order chi connectivity index (χ0) is 12.7. The minimum atomic E-state index is -0.180. The summed E-state index contributed by atoms with van der Waals surface area (Å²) in [5, 5.41) is 0. The van der Waals surface area contributed by atoms with E-state index in [-0.39, 0.29) is 18.3 Å². The maximum Gasteiger partial charge on any atom is 0.461 e. The molecule has 1 aliphatic heterocycles. The van der Waals surface area contributed by atoms with Crippen molar-refractivity contribution in [3.8, 4) is 0 Å². The molecule has 2 nitrogen and oxygen atoms in total. The van der Waals surface area contributed by atoms with Crippen LogP contribution in [-0.2, 0) is 9.31 Å². The molecule has 0 radical (unpaired) electrons. The molecular formula is C13H24BClO2. The Balaban J connectivity index is 1.79. The molecule has 0 unspecified atom stereocenters. The van der Waals surface area contributed by atoms with Crippen LogP contribution in [0.15, 0.2) is 0 Å². The van der Waals surface area contributed by atoms with Crippen molar-refractivity contribution >= 4 is 18.7 Å². The highest BCUT2D eigenvalue weighted by molar-refractivity contribution is 6.48. The lowest BCUT2D eigenvalue weighted by Gasteiger charge is -2.32. The van der Waals surface area contributed by atoms with E-state index in [4.69, 9.17) is 20.9 Å². The van der Waals surface area contributed by atoms with Gasteiger partial charge < -0.3 is 9.31 Å². The van der Waals surface area contributed by atoms with Gasteiger partial charge >= 0.3 is 7.12 Å². The smallest absolute Gasteiger partial charge is 0.403 e. The van der Waals surface area contributed by atoms with Gasteiger partial charge in [-0.15, -0.1) is 11.6 Å². The van der Waals surface area contributed by atoms with Gasteiger partial charge in [0.15, 0.2) is 0 Å². The highest BCUT2D eigenvalue weighted by Crippen LogP contribution is 2.54. The van der Waals surface area contributed by atoms with E-state index < -0.39 is 0 Å². The van der Waals surface area contributed by atoms with E-state index in [1.807, 2.05) is 0 Å². The van der Waals surface area contributed by atoms with Crippen LogP contribution in [0.25, 0.3) is 0 Å². The minimum Gasteiger partial charge on any atom is -0.403 e. The summed E-state index contributed by atoms with van der Waals surface area (Å²) in [5.41, 5.74) is -0.359. The van der Waals surface area contributed by atoms with Crippen LogP contribution >= 0.6 is 11.6 Å². The van der Waals surface area contributed by atoms with Gasteiger partial charge in [-0.2, -0.15) is 0 Å². The fourth-order valence-electron chi connectivity index (χ4n) is 2.50. The average Bonchev–Trinajstić information content (AvgIpc) is 2.91. The zero-order valence-corrected chi connectivity index (χ0v) is 12.2. The Morgan fingerprint density at radius 3 is 2.24 bits per heavy atom. The van der Waals surface area contributed by atoms with Crippen LogP contribution in [0, 0.1) is 5.92 Å². The molecule has 0 amide bonds. The number of hydrogen-bond acceptors (Lipinski definition) is 2. The van der Waals surface area contributed by atoms with Crippen molar-refractivity contribution in [1.82, 2.24) is 0 Å². The maximum absolute atomic E-state index is 6.08. The Kier molecular flexibility index (Phi) is 3.83. The molecule has 2 aliphatic rings. The largest absolute Gasteiger partial charge is 0.461 e. The van der Waals surface area contributed by atoms with E-state index in [2.05, 4.69) is 27.7 Å². The molecule has 0 spiro atoms. The van der Waals surface area contributed by atoms with Gasteiger partial charge in [-0.3, -0.25) is 0 Å². The number of halogens is 1. The quantitative estimate of drug-likeness (QED) is 0.423. The molecule has 0 aromatic heterocycles. The van der Waals surface area contributed by atoms with Gasteiger partial charge in [0.25, 0.3) is 0 Å². The maximum atomic E-state index is 6.08. The third-order valence-corrected chi connectivity index (χ3v) is 4.82. The fourth-order valence-corrected chi connectivity index (χ4v) is 2.69. The van der Waals surface area contributed by atoms with E-state index in [9.17, 15) is 0 Å². The summed E-state index contributed by atoms with van der Waals surface area (Å²) in [5.74, 6) is 2.20. The third-order valence-electron chi connectivity index (χ3n) is 4.56. The monoisotopic (exact) mass is 258 g/mol. The lowest BCUT2D eigenvalue weighted by molar-refractivity contribution is 0.00578. The molecule has 17 heavy (non-hydrogen) atoms. The second-order valence-electron chi connectivity index (χ2n) is 6.47. The first-order valence-corrected chi connectivity index (χ1v) is 7.32. The van der Waals surface area contributed by atoms with Gasteiger partial charge in [0.05, 0.1) is 11.2 Å². The molecular weight excluding hydrogens is 234 g/mol. The van der Waals surface area contributed by atoms with Crippen LogP contribution in [0.4, 0.5) is 0 Å². The molecule has 1 saturated heterocycles. The first-order chi connectivity index (χ1) is 7.87.